The number of aromatic nitrogens is 3. The number of aliphatic hydroxyl groups excluding tert-OH is 1. The van der Waals surface area contributed by atoms with Crippen molar-refractivity contribution in [1.29, 1.82) is 0 Å². The maximum Gasteiger partial charge on any atom is 0.255 e. The Labute approximate surface area is 140 Å². The molecule has 1 aliphatic carbocycles. The highest BCUT2D eigenvalue weighted by molar-refractivity contribution is 5.94. The van der Waals surface area contributed by atoms with Crippen LogP contribution in [0.3, 0.4) is 0 Å². The van der Waals surface area contributed by atoms with Gasteiger partial charge in [0.05, 0.1) is 11.7 Å². The Kier molecular flexibility index (Phi) is 3.97. The minimum absolute atomic E-state index is 0.0524. The summed E-state index contributed by atoms with van der Waals surface area (Å²) in [6, 6.07) is 3.93. The van der Waals surface area contributed by atoms with Gasteiger partial charge in [-0.15, -0.1) is 10.2 Å². The van der Waals surface area contributed by atoms with Crippen LogP contribution < -0.4 is 0 Å². The molecule has 0 bridgehead atoms. The largest absolute Gasteiger partial charge is 0.391 e. The Morgan fingerprint density at radius 2 is 1.96 bits per heavy atom. The Balaban J connectivity index is 1.44. The summed E-state index contributed by atoms with van der Waals surface area (Å²) in [6.07, 6.45) is 4.69. The average molecular weight is 329 g/mol. The number of nitrogens with zero attached hydrogens (tertiary/aromatic N) is 5. The standard InChI is InChI=1S/C17H23N5O2/c1-12-18-19-16-6-5-13(11-22(12)16)17(24)21-9-7-20(8-10-21)14-3-2-4-15(14)23/h5-6,11,14-15,23H,2-4,7-10H2,1H3/t14-,15-/m0/s1. The molecule has 1 saturated heterocycles. The highest BCUT2D eigenvalue weighted by Gasteiger charge is 2.33. The number of amides is 1. The molecule has 2 aliphatic rings. The third-order valence-corrected chi connectivity index (χ3v) is 5.33. The molecular formula is C17H23N5O2. The van der Waals surface area contributed by atoms with E-state index in [4.69, 9.17) is 0 Å². The van der Waals surface area contributed by atoms with Crippen molar-refractivity contribution < 1.29 is 9.90 Å². The third kappa shape index (κ3) is 2.67. The second kappa shape index (κ2) is 6.14. The van der Waals surface area contributed by atoms with E-state index in [1.807, 2.05) is 34.6 Å². The van der Waals surface area contributed by atoms with Gasteiger partial charge in [-0.05, 0) is 38.3 Å². The van der Waals surface area contributed by atoms with Crippen LogP contribution in [0, 0.1) is 6.92 Å². The summed E-state index contributed by atoms with van der Waals surface area (Å²) in [4.78, 5) is 17.0. The molecule has 128 valence electrons. The highest BCUT2D eigenvalue weighted by atomic mass is 16.3. The van der Waals surface area contributed by atoms with Crippen LogP contribution >= 0.6 is 0 Å². The van der Waals surface area contributed by atoms with Crippen LogP contribution in [0.5, 0.6) is 0 Å². The lowest BCUT2D eigenvalue weighted by atomic mass is 10.1. The summed E-state index contributed by atoms with van der Waals surface area (Å²) in [5.41, 5.74) is 1.42. The van der Waals surface area contributed by atoms with E-state index >= 15 is 0 Å². The van der Waals surface area contributed by atoms with E-state index in [2.05, 4.69) is 15.1 Å². The molecule has 0 spiro atoms. The summed E-state index contributed by atoms with van der Waals surface area (Å²) in [5, 5.41) is 18.1. The third-order valence-electron chi connectivity index (χ3n) is 5.33. The van der Waals surface area contributed by atoms with E-state index in [1.54, 1.807) is 0 Å². The van der Waals surface area contributed by atoms with Gasteiger partial charge in [0.15, 0.2) is 5.65 Å². The normalized spacial score (nSPS) is 25.5. The van der Waals surface area contributed by atoms with Gasteiger partial charge in [0.2, 0.25) is 0 Å². The van der Waals surface area contributed by atoms with E-state index < -0.39 is 0 Å². The second-order valence-corrected chi connectivity index (χ2v) is 6.79. The van der Waals surface area contributed by atoms with Crippen LogP contribution in [0.25, 0.3) is 5.65 Å². The van der Waals surface area contributed by atoms with E-state index in [0.717, 1.165) is 43.8 Å². The summed E-state index contributed by atoms with van der Waals surface area (Å²) in [5.74, 6) is 0.830. The number of aliphatic hydroxyl groups is 1. The molecule has 1 N–H and O–H groups in total. The molecule has 3 heterocycles. The lowest BCUT2D eigenvalue weighted by Gasteiger charge is -2.39. The van der Waals surface area contributed by atoms with Gasteiger partial charge in [0.1, 0.15) is 5.82 Å². The van der Waals surface area contributed by atoms with Crippen molar-refractivity contribution in [3.63, 3.8) is 0 Å². The van der Waals surface area contributed by atoms with Crippen molar-refractivity contribution in [2.75, 3.05) is 26.2 Å². The molecule has 1 saturated carbocycles. The van der Waals surface area contributed by atoms with Crippen molar-refractivity contribution in [3.05, 3.63) is 29.7 Å². The average Bonchev–Trinajstić information content (AvgIpc) is 3.20. The highest BCUT2D eigenvalue weighted by Crippen LogP contribution is 2.25. The first-order valence-corrected chi connectivity index (χ1v) is 8.66. The van der Waals surface area contributed by atoms with Gasteiger partial charge in [-0.1, -0.05) is 0 Å². The molecule has 2 aromatic heterocycles. The molecule has 2 atom stereocenters. The SMILES string of the molecule is Cc1nnc2ccc(C(=O)N3CCN([C@H]4CCC[C@@H]4O)CC3)cn12. The fourth-order valence-corrected chi connectivity index (χ4v) is 3.92. The van der Waals surface area contributed by atoms with Crippen molar-refractivity contribution in [2.45, 2.75) is 38.3 Å². The number of pyridine rings is 1. The number of piperazine rings is 1. The molecule has 1 amide bonds. The number of hydrogen-bond donors (Lipinski definition) is 1. The van der Waals surface area contributed by atoms with Gasteiger partial charge in [-0.3, -0.25) is 14.1 Å². The molecule has 7 heteroatoms. The summed E-state index contributed by atoms with van der Waals surface area (Å²) >= 11 is 0. The van der Waals surface area contributed by atoms with Gasteiger partial charge in [0.25, 0.3) is 5.91 Å². The molecule has 2 aromatic rings. The number of hydrogen-bond acceptors (Lipinski definition) is 5. The van der Waals surface area contributed by atoms with Crippen molar-refractivity contribution in [2.24, 2.45) is 0 Å². The first-order valence-electron chi connectivity index (χ1n) is 8.66. The Bertz CT molecular complexity index is 751. The number of rotatable bonds is 2. The van der Waals surface area contributed by atoms with Crippen LogP contribution in [-0.4, -0.2) is 73.7 Å². The molecule has 7 nitrogen and oxygen atoms in total. The fourth-order valence-electron chi connectivity index (χ4n) is 3.92. The maximum absolute atomic E-state index is 12.8. The van der Waals surface area contributed by atoms with Gasteiger partial charge in [-0.2, -0.15) is 0 Å². The summed E-state index contributed by atoms with van der Waals surface area (Å²) < 4.78 is 1.85. The van der Waals surface area contributed by atoms with E-state index in [-0.39, 0.29) is 18.1 Å². The molecule has 0 unspecified atom stereocenters. The zero-order valence-corrected chi connectivity index (χ0v) is 13.9. The fraction of sp³-hybridized carbons (Fsp3) is 0.588. The van der Waals surface area contributed by atoms with Crippen LogP contribution in [0.2, 0.25) is 0 Å². The molecule has 1 aliphatic heterocycles. The summed E-state index contributed by atoms with van der Waals surface area (Å²) in [7, 11) is 0. The van der Waals surface area contributed by atoms with Gasteiger partial charge < -0.3 is 10.0 Å². The van der Waals surface area contributed by atoms with E-state index in [1.165, 1.54) is 0 Å². The molecule has 0 radical (unpaired) electrons. The van der Waals surface area contributed by atoms with Crippen LogP contribution in [-0.2, 0) is 0 Å². The van der Waals surface area contributed by atoms with Gasteiger partial charge in [-0.25, -0.2) is 0 Å². The van der Waals surface area contributed by atoms with Crippen molar-refractivity contribution in [3.8, 4) is 0 Å². The lowest BCUT2D eigenvalue weighted by Crippen LogP contribution is -2.53. The molecule has 24 heavy (non-hydrogen) atoms. The maximum atomic E-state index is 12.8. The zero-order chi connectivity index (χ0) is 16.7. The lowest BCUT2D eigenvalue weighted by molar-refractivity contribution is 0.0315. The van der Waals surface area contributed by atoms with E-state index in [9.17, 15) is 9.90 Å². The quantitative estimate of drug-likeness (QED) is 0.878. The van der Waals surface area contributed by atoms with Gasteiger partial charge >= 0.3 is 0 Å². The molecule has 4 rings (SSSR count). The monoisotopic (exact) mass is 329 g/mol. The molecule has 0 aromatic carbocycles. The molecule has 2 fully saturated rings. The smallest absolute Gasteiger partial charge is 0.255 e. The van der Waals surface area contributed by atoms with Crippen molar-refractivity contribution >= 4 is 11.6 Å². The van der Waals surface area contributed by atoms with Crippen molar-refractivity contribution in [1.82, 2.24) is 24.4 Å². The summed E-state index contributed by atoms with van der Waals surface area (Å²) in [6.45, 7) is 4.96. The minimum atomic E-state index is -0.202. The van der Waals surface area contributed by atoms with Crippen LogP contribution in [0.4, 0.5) is 0 Å². The van der Waals surface area contributed by atoms with E-state index in [0.29, 0.717) is 18.7 Å². The number of fused-ring (bicyclic) bond motifs is 1. The molecular weight excluding hydrogens is 306 g/mol. The van der Waals surface area contributed by atoms with Crippen LogP contribution in [0.15, 0.2) is 18.3 Å². The number of aryl methyl sites for hydroxylation is 1. The van der Waals surface area contributed by atoms with Gasteiger partial charge in [0, 0.05) is 38.4 Å². The zero-order valence-electron chi connectivity index (χ0n) is 13.9. The first-order chi connectivity index (χ1) is 11.6. The Morgan fingerprint density at radius 1 is 1.17 bits per heavy atom. The number of carbonyl (C=O) groups excluding carboxylic acids is 1. The van der Waals surface area contributed by atoms with Crippen LogP contribution in [0.1, 0.15) is 35.4 Å². The second-order valence-electron chi connectivity index (χ2n) is 6.79. The first kappa shape index (κ1) is 15.5. The Morgan fingerprint density at radius 3 is 2.67 bits per heavy atom. The minimum Gasteiger partial charge on any atom is -0.391 e. The Hall–Kier alpha value is -1.99. The topological polar surface area (TPSA) is 74.0 Å². The number of carbonyl (C=O) groups is 1. The predicted molar refractivity (Wildman–Crippen MR) is 88.8 cm³/mol. The predicted octanol–water partition coefficient (Wildman–Crippen LogP) is 0.709.